The van der Waals surface area contributed by atoms with E-state index >= 15 is 0 Å². The average molecular weight is 223 g/mol. The molecule has 86 valence electrons. The molecule has 16 heavy (non-hydrogen) atoms. The topological polar surface area (TPSA) is 52.3 Å². The zero-order valence-electron chi connectivity index (χ0n) is 9.07. The quantitative estimate of drug-likeness (QED) is 0.613. The first-order valence-electron chi connectivity index (χ1n) is 4.84. The van der Waals surface area contributed by atoms with Gasteiger partial charge in [-0.3, -0.25) is 4.79 Å². The van der Waals surface area contributed by atoms with Crippen molar-refractivity contribution in [1.29, 1.82) is 0 Å². The molecule has 1 rings (SSSR count). The first-order valence-corrected chi connectivity index (χ1v) is 4.84. The van der Waals surface area contributed by atoms with Crippen LogP contribution in [0, 0.1) is 5.82 Å². The van der Waals surface area contributed by atoms with Crippen LogP contribution in [-0.4, -0.2) is 18.9 Å². The summed E-state index contributed by atoms with van der Waals surface area (Å²) in [4.78, 5) is 11.8. The van der Waals surface area contributed by atoms with E-state index in [0.29, 0.717) is 12.2 Å². The van der Waals surface area contributed by atoms with E-state index in [1.165, 1.54) is 19.2 Å². The summed E-state index contributed by atoms with van der Waals surface area (Å²) >= 11 is 0. The Labute approximate surface area is 93.7 Å². The van der Waals surface area contributed by atoms with Gasteiger partial charge in [-0.15, -0.1) is 6.58 Å². The van der Waals surface area contributed by atoms with Crippen molar-refractivity contribution in [3.05, 3.63) is 42.2 Å². The minimum atomic E-state index is -0.715. The lowest BCUT2D eigenvalue weighted by Crippen LogP contribution is -2.30. The van der Waals surface area contributed by atoms with Crippen molar-refractivity contribution in [3.8, 4) is 5.75 Å². The molecule has 1 aromatic rings. The molecule has 0 aromatic heterocycles. The summed E-state index contributed by atoms with van der Waals surface area (Å²) in [7, 11) is 1.42. The Morgan fingerprint density at radius 1 is 1.69 bits per heavy atom. The number of hydrogen-bond donors (Lipinski definition) is 1. The Morgan fingerprint density at radius 2 is 2.38 bits per heavy atom. The maximum Gasteiger partial charge on any atom is 0.183 e. The predicted octanol–water partition coefficient (Wildman–Crippen LogP) is 1.92. The van der Waals surface area contributed by atoms with Gasteiger partial charge in [0.15, 0.2) is 5.78 Å². The fraction of sp³-hybridized carbons (Fsp3) is 0.250. The van der Waals surface area contributed by atoms with E-state index < -0.39 is 11.9 Å². The van der Waals surface area contributed by atoms with E-state index in [1.807, 2.05) is 0 Å². The van der Waals surface area contributed by atoms with Crippen molar-refractivity contribution in [3.63, 3.8) is 0 Å². The van der Waals surface area contributed by atoms with Crippen LogP contribution in [0.4, 0.5) is 4.39 Å². The second-order valence-corrected chi connectivity index (χ2v) is 3.34. The molecule has 2 N–H and O–H groups in total. The van der Waals surface area contributed by atoms with E-state index in [-0.39, 0.29) is 11.3 Å². The van der Waals surface area contributed by atoms with E-state index in [4.69, 9.17) is 10.5 Å². The van der Waals surface area contributed by atoms with Gasteiger partial charge in [-0.05, 0) is 24.6 Å². The van der Waals surface area contributed by atoms with E-state index in [2.05, 4.69) is 6.58 Å². The second kappa shape index (κ2) is 5.42. The lowest BCUT2D eigenvalue weighted by molar-refractivity contribution is 0.0958. The van der Waals surface area contributed by atoms with Gasteiger partial charge in [-0.2, -0.15) is 0 Å². The highest BCUT2D eigenvalue weighted by molar-refractivity contribution is 6.02. The van der Waals surface area contributed by atoms with Gasteiger partial charge >= 0.3 is 0 Å². The molecule has 1 aromatic carbocycles. The fourth-order valence-electron chi connectivity index (χ4n) is 1.36. The molecular weight excluding hydrogens is 209 g/mol. The number of nitrogens with two attached hydrogens (primary N) is 1. The van der Waals surface area contributed by atoms with Crippen molar-refractivity contribution in [2.45, 2.75) is 12.5 Å². The van der Waals surface area contributed by atoms with Crippen LogP contribution in [0.3, 0.4) is 0 Å². The molecule has 0 spiro atoms. The van der Waals surface area contributed by atoms with Crippen LogP contribution in [0.5, 0.6) is 5.75 Å². The summed E-state index contributed by atoms with van der Waals surface area (Å²) in [6.45, 7) is 3.50. The molecular formula is C12H14FNO2. The maximum atomic E-state index is 13.0. The second-order valence-electron chi connectivity index (χ2n) is 3.34. The molecule has 3 nitrogen and oxygen atoms in total. The average Bonchev–Trinajstić information content (AvgIpc) is 2.28. The summed E-state index contributed by atoms with van der Waals surface area (Å²) in [5.41, 5.74) is 5.80. The monoisotopic (exact) mass is 223 g/mol. The summed E-state index contributed by atoms with van der Waals surface area (Å²) in [5, 5.41) is 0. The Balaban J connectivity index is 3.05. The maximum absolute atomic E-state index is 13.0. The highest BCUT2D eigenvalue weighted by Crippen LogP contribution is 2.21. The molecule has 0 fully saturated rings. The third-order valence-corrected chi connectivity index (χ3v) is 2.18. The first kappa shape index (κ1) is 12.4. The van der Waals surface area contributed by atoms with Crippen molar-refractivity contribution >= 4 is 5.78 Å². The lowest BCUT2D eigenvalue weighted by Gasteiger charge is -2.11. The van der Waals surface area contributed by atoms with Gasteiger partial charge in [0.25, 0.3) is 0 Å². The normalized spacial score (nSPS) is 11.9. The van der Waals surface area contributed by atoms with Gasteiger partial charge < -0.3 is 10.5 Å². The molecule has 0 bridgehead atoms. The number of hydrogen-bond acceptors (Lipinski definition) is 3. The highest BCUT2D eigenvalue weighted by atomic mass is 19.1. The molecule has 0 heterocycles. The summed E-state index contributed by atoms with van der Waals surface area (Å²) in [6, 6.07) is 3.05. The predicted molar refractivity (Wildman–Crippen MR) is 60.1 cm³/mol. The van der Waals surface area contributed by atoms with Crippen LogP contribution >= 0.6 is 0 Å². The van der Waals surface area contributed by atoms with Crippen molar-refractivity contribution in [1.82, 2.24) is 0 Å². The molecule has 0 aliphatic rings. The number of methoxy groups -OCH3 is 1. The molecule has 1 atom stereocenters. The van der Waals surface area contributed by atoms with Gasteiger partial charge in [0.2, 0.25) is 0 Å². The number of Topliss-reactive ketones (excluding diaryl/α,β-unsaturated/α-hetero) is 1. The zero-order chi connectivity index (χ0) is 12.1. The minimum Gasteiger partial charge on any atom is -0.496 e. The standard InChI is InChI=1S/C12H14FNO2/c1-3-4-10(14)12(15)9-7-8(13)5-6-11(9)16-2/h3,5-7,10H,1,4,14H2,2H3. The van der Waals surface area contributed by atoms with Crippen molar-refractivity contribution in [2.24, 2.45) is 5.73 Å². The van der Waals surface area contributed by atoms with Gasteiger partial charge in [-0.25, -0.2) is 4.39 Å². The largest absolute Gasteiger partial charge is 0.496 e. The minimum absolute atomic E-state index is 0.164. The highest BCUT2D eigenvalue weighted by Gasteiger charge is 2.19. The Bertz CT molecular complexity index is 404. The van der Waals surface area contributed by atoms with E-state index in [0.717, 1.165) is 6.07 Å². The molecule has 4 heteroatoms. The van der Waals surface area contributed by atoms with Gasteiger partial charge in [0.05, 0.1) is 18.7 Å². The zero-order valence-corrected chi connectivity index (χ0v) is 9.07. The van der Waals surface area contributed by atoms with Crippen LogP contribution < -0.4 is 10.5 Å². The van der Waals surface area contributed by atoms with E-state index in [9.17, 15) is 9.18 Å². The van der Waals surface area contributed by atoms with Gasteiger partial charge in [0.1, 0.15) is 11.6 Å². The van der Waals surface area contributed by atoms with Crippen molar-refractivity contribution in [2.75, 3.05) is 7.11 Å². The first-order chi connectivity index (χ1) is 7.60. The molecule has 0 amide bonds. The number of rotatable bonds is 5. The van der Waals surface area contributed by atoms with Crippen LogP contribution in [0.25, 0.3) is 0 Å². The summed E-state index contributed by atoms with van der Waals surface area (Å²) in [5.74, 6) is -0.517. The number of ketones is 1. The van der Waals surface area contributed by atoms with Crippen LogP contribution in [0.2, 0.25) is 0 Å². The van der Waals surface area contributed by atoms with Gasteiger partial charge in [0, 0.05) is 0 Å². The molecule has 0 aliphatic carbocycles. The Kier molecular flexibility index (Phi) is 4.19. The Morgan fingerprint density at radius 3 is 2.94 bits per heavy atom. The molecule has 0 saturated heterocycles. The van der Waals surface area contributed by atoms with Crippen LogP contribution in [0.15, 0.2) is 30.9 Å². The number of halogens is 1. The van der Waals surface area contributed by atoms with E-state index in [1.54, 1.807) is 6.08 Å². The molecule has 1 unspecified atom stereocenters. The molecule has 0 radical (unpaired) electrons. The summed E-state index contributed by atoms with van der Waals surface area (Å²) < 4.78 is 18.0. The SMILES string of the molecule is C=CCC(N)C(=O)c1cc(F)ccc1OC. The smallest absolute Gasteiger partial charge is 0.183 e. The fourth-order valence-corrected chi connectivity index (χ4v) is 1.36. The number of carbonyl (C=O) groups excluding carboxylic acids is 1. The van der Waals surface area contributed by atoms with Crippen LogP contribution in [-0.2, 0) is 0 Å². The molecule has 0 saturated carbocycles. The Hall–Kier alpha value is -1.68. The number of carbonyl (C=O) groups is 1. The summed E-state index contributed by atoms with van der Waals surface area (Å²) in [6.07, 6.45) is 1.90. The van der Waals surface area contributed by atoms with Crippen LogP contribution in [0.1, 0.15) is 16.8 Å². The molecule has 0 aliphatic heterocycles. The van der Waals surface area contributed by atoms with Crippen molar-refractivity contribution < 1.29 is 13.9 Å². The third-order valence-electron chi connectivity index (χ3n) is 2.18. The third kappa shape index (κ3) is 2.67. The lowest BCUT2D eigenvalue weighted by atomic mass is 10.0. The number of benzene rings is 1. The van der Waals surface area contributed by atoms with Gasteiger partial charge in [-0.1, -0.05) is 6.08 Å². The number of ether oxygens (including phenoxy) is 1.